The Morgan fingerprint density at radius 3 is 2.64 bits per heavy atom. The van der Waals surface area contributed by atoms with Gasteiger partial charge in [0.25, 0.3) is 5.82 Å². The molecule has 0 aliphatic carbocycles. The van der Waals surface area contributed by atoms with Gasteiger partial charge in [0.15, 0.2) is 0 Å². The van der Waals surface area contributed by atoms with Gasteiger partial charge >= 0.3 is 6.18 Å². The Labute approximate surface area is 190 Å². The van der Waals surface area contributed by atoms with Crippen LogP contribution in [-0.4, -0.2) is 57.9 Å². The number of benzene rings is 2. The van der Waals surface area contributed by atoms with E-state index < -0.39 is 12.0 Å². The molecule has 3 aromatic rings. The highest BCUT2D eigenvalue weighted by Gasteiger charge is 2.38. The lowest BCUT2D eigenvalue weighted by atomic mass is 9.85. The van der Waals surface area contributed by atoms with Crippen LogP contribution in [0.4, 0.5) is 13.2 Å². The Hall–Kier alpha value is -2.98. The van der Waals surface area contributed by atoms with Crippen LogP contribution in [0.15, 0.2) is 48.5 Å². The first kappa shape index (κ1) is 23.2. The summed E-state index contributed by atoms with van der Waals surface area (Å²) < 4.78 is 46.0. The van der Waals surface area contributed by atoms with Crippen LogP contribution in [0.2, 0.25) is 0 Å². The molecule has 2 heterocycles. The van der Waals surface area contributed by atoms with E-state index in [1.165, 1.54) is 11.6 Å². The number of halogens is 3. The van der Waals surface area contributed by atoms with E-state index in [9.17, 15) is 13.2 Å². The minimum Gasteiger partial charge on any atom is -0.496 e. The minimum atomic E-state index is -4.65. The van der Waals surface area contributed by atoms with Gasteiger partial charge in [0, 0.05) is 30.6 Å². The van der Waals surface area contributed by atoms with Gasteiger partial charge in [-0.2, -0.15) is 17.9 Å². The van der Waals surface area contributed by atoms with Crippen LogP contribution in [0.3, 0.4) is 0 Å². The molecule has 2 atom stereocenters. The second kappa shape index (κ2) is 9.88. The molecule has 0 radical (unpaired) electrons. The summed E-state index contributed by atoms with van der Waals surface area (Å²) in [5.41, 5.74) is 2.24. The summed E-state index contributed by atoms with van der Waals surface area (Å²) in [5.74, 6) is -0.261. The lowest BCUT2D eigenvalue weighted by molar-refractivity contribution is -0.146. The lowest BCUT2D eigenvalue weighted by Crippen LogP contribution is -2.47. The maximum atomic E-state index is 13.3. The smallest absolute Gasteiger partial charge is 0.453 e. The molecular weight excluding hydrogens is 433 g/mol. The molecule has 1 saturated heterocycles. The molecule has 0 bridgehead atoms. The quantitative estimate of drug-likeness (QED) is 0.581. The molecule has 0 spiro atoms. The molecule has 0 amide bonds. The molecule has 7 nitrogen and oxygen atoms in total. The van der Waals surface area contributed by atoms with E-state index in [0.29, 0.717) is 22.9 Å². The second-order valence-corrected chi connectivity index (χ2v) is 8.09. The third-order valence-corrected chi connectivity index (χ3v) is 6.16. The highest BCUT2D eigenvalue weighted by molar-refractivity contribution is 5.44. The number of ether oxygens (including phenoxy) is 1. The molecule has 4 rings (SSSR count). The highest BCUT2D eigenvalue weighted by Crippen LogP contribution is 2.31. The number of methoxy groups -OCH3 is 1. The average molecular weight is 461 g/mol. The minimum absolute atomic E-state index is 0.224. The Morgan fingerprint density at radius 1 is 1.15 bits per heavy atom. The van der Waals surface area contributed by atoms with Gasteiger partial charge in [0.1, 0.15) is 5.75 Å². The summed E-state index contributed by atoms with van der Waals surface area (Å²) in [6.45, 7) is 5.56. The Balaban J connectivity index is 1.57. The number of hydrogen-bond donors (Lipinski definition) is 1. The van der Waals surface area contributed by atoms with Gasteiger partial charge in [-0.15, -0.1) is 5.10 Å². The number of rotatable bonds is 7. The van der Waals surface area contributed by atoms with E-state index in [4.69, 9.17) is 4.74 Å². The Morgan fingerprint density at radius 2 is 1.94 bits per heavy atom. The maximum Gasteiger partial charge on any atom is 0.453 e. The van der Waals surface area contributed by atoms with Crippen LogP contribution in [-0.2, 0) is 12.7 Å². The number of piperidine rings is 1. The molecule has 0 unspecified atom stereocenters. The maximum absolute atomic E-state index is 13.3. The summed E-state index contributed by atoms with van der Waals surface area (Å²) in [6, 6.07) is 15.4. The van der Waals surface area contributed by atoms with Gasteiger partial charge in [-0.05, 0) is 53.7 Å². The van der Waals surface area contributed by atoms with Crippen molar-refractivity contribution < 1.29 is 17.9 Å². The predicted molar refractivity (Wildman–Crippen MR) is 117 cm³/mol. The molecule has 176 valence electrons. The topological polar surface area (TPSA) is 68.1 Å². The van der Waals surface area contributed by atoms with Gasteiger partial charge in [-0.25, -0.2) is 0 Å². The van der Waals surface area contributed by atoms with Crippen molar-refractivity contribution in [1.82, 2.24) is 30.4 Å². The van der Waals surface area contributed by atoms with Crippen LogP contribution >= 0.6 is 0 Å². The first-order valence-corrected chi connectivity index (χ1v) is 10.9. The van der Waals surface area contributed by atoms with Crippen LogP contribution < -0.4 is 10.1 Å². The standard InChI is InChI=1S/C23H27F3N6O/c1-3-31-12-11-20(19(15-31)16-7-5-4-6-8-16)27-14-17-13-18(9-10-21(17)33-2)32-22(23(24,25)26)28-29-30-32/h4-10,13,19-20,27H,3,11-12,14-15H2,1-2H3/t19-,20-/m0/s1. The lowest BCUT2D eigenvalue weighted by Gasteiger charge is -2.39. The van der Waals surface area contributed by atoms with E-state index >= 15 is 0 Å². The fourth-order valence-electron chi connectivity index (χ4n) is 4.40. The fraction of sp³-hybridized carbons (Fsp3) is 0.435. The summed E-state index contributed by atoms with van der Waals surface area (Å²) in [7, 11) is 1.54. The van der Waals surface area contributed by atoms with Crippen LogP contribution in [0.5, 0.6) is 5.75 Å². The van der Waals surface area contributed by atoms with Gasteiger partial charge < -0.3 is 15.0 Å². The van der Waals surface area contributed by atoms with E-state index in [1.807, 2.05) is 18.2 Å². The summed E-state index contributed by atoms with van der Waals surface area (Å²) in [5, 5.41) is 13.5. The first-order valence-electron chi connectivity index (χ1n) is 10.9. The van der Waals surface area contributed by atoms with Crippen LogP contribution in [0.1, 0.15) is 36.2 Å². The zero-order valence-electron chi connectivity index (χ0n) is 18.6. The molecular formula is C23H27F3N6O. The fourth-order valence-corrected chi connectivity index (χ4v) is 4.40. The van der Waals surface area contributed by atoms with E-state index in [2.05, 4.69) is 44.8 Å². The largest absolute Gasteiger partial charge is 0.496 e. The van der Waals surface area contributed by atoms with Crippen LogP contribution in [0, 0.1) is 0 Å². The third kappa shape index (κ3) is 5.17. The average Bonchev–Trinajstić information content (AvgIpc) is 3.34. The van der Waals surface area contributed by atoms with Crippen molar-refractivity contribution in [3.05, 3.63) is 65.5 Å². The third-order valence-electron chi connectivity index (χ3n) is 6.16. The summed E-state index contributed by atoms with van der Waals surface area (Å²) >= 11 is 0. The van der Waals surface area contributed by atoms with Crippen molar-refractivity contribution in [1.29, 1.82) is 0 Å². The zero-order chi connectivity index (χ0) is 23.4. The zero-order valence-corrected chi connectivity index (χ0v) is 18.6. The van der Waals surface area contributed by atoms with Gasteiger partial charge in [-0.3, -0.25) is 0 Å². The number of alkyl halides is 3. The van der Waals surface area contributed by atoms with Crippen molar-refractivity contribution >= 4 is 0 Å². The van der Waals surface area contributed by atoms with E-state index in [1.54, 1.807) is 19.2 Å². The monoisotopic (exact) mass is 460 g/mol. The molecule has 33 heavy (non-hydrogen) atoms. The molecule has 1 aliphatic heterocycles. The normalized spacial score (nSPS) is 19.5. The Kier molecular flexibility index (Phi) is 6.94. The number of aromatic nitrogens is 4. The van der Waals surface area contributed by atoms with Crippen molar-refractivity contribution in [2.45, 2.75) is 38.0 Å². The number of likely N-dealkylation sites (tertiary alicyclic amines) is 1. The number of nitrogens with zero attached hydrogens (tertiary/aromatic N) is 5. The SMILES string of the molecule is CCN1CC[C@H](NCc2cc(-n3nnnc3C(F)(F)F)ccc2OC)[C@H](c2ccccc2)C1. The summed E-state index contributed by atoms with van der Waals surface area (Å²) in [4.78, 5) is 2.44. The number of tetrazole rings is 1. The summed E-state index contributed by atoms with van der Waals surface area (Å²) in [6.07, 6.45) is -3.68. The van der Waals surface area contributed by atoms with Gasteiger partial charge in [0.2, 0.25) is 0 Å². The van der Waals surface area contributed by atoms with E-state index in [0.717, 1.165) is 31.6 Å². The molecule has 1 fully saturated rings. The van der Waals surface area contributed by atoms with Crippen LogP contribution in [0.25, 0.3) is 5.69 Å². The number of nitrogens with one attached hydrogen (secondary N) is 1. The van der Waals surface area contributed by atoms with Crippen molar-refractivity contribution in [3.8, 4) is 11.4 Å². The molecule has 10 heteroatoms. The Bertz CT molecular complexity index is 1060. The molecule has 0 saturated carbocycles. The number of hydrogen-bond acceptors (Lipinski definition) is 6. The molecule has 1 N–H and O–H groups in total. The predicted octanol–water partition coefficient (Wildman–Crippen LogP) is 3.66. The second-order valence-electron chi connectivity index (χ2n) is 8.09. The highest BCUT2D eigenvalue weighted by atomic mass is 19.4. The molecule has 1 aliphatic rings. The number of likely N-dealkylation sites (N-methyl/N-ethyl adjacent to an activating group) is 1. The van der Waals surface area contributed by atoms with Crippen molar-refractivity contribution in [2.24, 2.45) is 0 Å². The van der Waals surface area contributed by atoms with Gasteiger partial charge in [0.05, 0.1) is 12.8 Å². The first-order chi connectivity index (χ1) is 15.9. The van der Waals surface area contributed by atoms with Crippen molar-refractivity contribution in [2.75, 3.05) is 26.7 Å². The van der Waals surface area contributed by atoms with E-state index in [-0.39, 0.29) is 11.7 Å². The molecule has 1 aromatic heterocycles. The van der Waals surface area contributed by atoms with Crippen molar-refractivity contribution in [3.63, 3.8) is 0 Å². The molecule has 2 aromatic carbocycles. The van der Waals surface area contributed by atoms with Gasteiger partial charge in [-0.1, -0.05) is 37.3 Å².